The van der Waals surface area contributed by atoms with Gasteiger partial charge >= 0.3 is 0 Å². The minimum atomic E-state index is 0.0603. The number of amides is 1. The lowest BCUT2D eigenvalue weighted by molar-refractivity contribution is -0.131. The summed E-state index contributed by atoms with van der Waals surface area (Å²) in [6.07, 6.45) is 9.41. The van der Waals surface area contributed by atoms with Gasteiger partial charge in [0, 0.05) is 30.4 Å². The summed E-state index contributed by atoms with van der Waals surface area (Å²) < 4.78 is 1.84. The Morgan fingerprint density at radius 2 is 1.63 bits per heavy atom. The number of nitrogens with zero attached hydrogens (tertiary/aromatic N) is 5. The monoisotopic (exact) mass is 406 g/mol. The van der Waals surface area contributed by atoms with Crippen LogP contribution in [0, 0.1) is 37.5 Å². The Hall–Kier alpha value is -2.44. The number of aromatic nitrogens is 4. The highest BCUT2D eigenvalue weighted by atomic mass is 16.2. The molecule has 1 N–H and O–H groups in total. The minimum Gasteiger partial charge on any atom is -0.355 e. The zero-order valence-corrected chi connectivity index (χ0v) is 17.8. The van der Waals surface area contributed by atoms with E-state index in [1.165, 1.54) is 38.5 Å². The van der Waals surface area contributed by atoms with Gasteiger partial charge in [0.2, 0.25) is 5.91 Å². The van der Waals surface area contributed by atoms with Crippen LogP contribution in [0.25, 0.3) is 5.82 Å². The van der Waals surface area contributed by atoms with Gasteiger partial charge < -0.3 is 10.2 Å². The molecule has 0 radical (unpaired) electrons. The highest BCUT2D eigenvalue weighted by molar-refractivity contribution is 5.82. The van der Waals surface area contributed by atoms with Gasteiger partial charge in [0.05, 0.1) is 11.6 Å². The molecule has 1 aliphatic heterocycles. The fourth-order valence-corrected chi connectivity index (χ4v) is 6.95. The molecule has 0 unspecified atom stereocenters. The van der Waals surface area contributed by atoms with Crippen molar-refractivity contribution in [2.24, 2.45) is 23.7 Å². The number of carbonyl (C=O) groups is 1. The van der Waals surface area contributed by atoms with Gasteiger partial charge in [-0.2, -0.15) is 5.10 Å². The van der Waals surface area contributed by atoms with E-state index in [1.54, 1.807) is 6.33 Å². The van der Waals surface area contributed by atoms with Crippen molar-refractivity contribution >= 4 is 11.7 Å². The molecule has 7 rings (SSSR count). The molecule has 7 heteroatoms. The van der Waals surface area contributed by atoms with Gasteiger partial charge in [-0.1, -0.05) is 0 Å². The molecule has 2 aromatic rings. The molecule has 7 nitrogen and oxygen atoms in total. The van der Waals surface area contributed by atoms with Crippen molar-refractivity contribution in [2.75, 3.05) is 18.0 Å². The minimum absolute atomic E-state index is 0.0603. The number of anilines is 1. The summed E-state index contributed by atoms with van der Waals surface area (Å²) in [7, 11) is 0. The Balaban J connectivity index is 1.11. The predicted molar refractivity (Wildman–Crippen MR) is 113 cm³/mol. The van der Waals surface area contributed by atoms with Gasteiger partial charge in [0.1, 0.15) is 12.1 Å². The third kappa shape index (κ3) is 3.01. The fourth-order valence-electron chi connectivity index (χ4n) is 6.95. The average Bonchev–Trinajstić information content (AvgIpc) is 2.97. The summed E-state index contributed by atoms with van der Waals surface area (Å²) in [6.45, 7) is 5.46. The SMILES string of the molecule is Cc1cc(C)n(-c2cc(N3CC(C(=O)NC45CC6CC(CC(C6)C4)C5)C3)ncn2)n1. The van der Waals surface area contributed by atoms with Crippen LogP contribution < -0.4 is 10.2 Å². The molecule has 4 bridgehead atoms. The normalized spacial score (nSPS) is 32.3. The molecule has 0 atom stereocenters. The van der Waals surface area contributed by atoms with Crippen molar-refractivity contribution < 1.29 is 4.79 Å². The number of hydrogen-bond acceptors (Lipinski definition) is 5. The standard InChI is InChI=1S/C23H30N6O/c1-14-3-15(2)29(27-14)21-7-20(24-13-25-21)28-11-19(12-28)22(30)26-23-8-16-4-17(9-23)6-18(5-16)10-23/h3,7,13,16-19H,4-6,8-12H2,1-2H3,(H,26,30). The molecule has 0 aromatic carbocycles. The van der Waals surface area contributed by atoms with Gasteiger partial charge in [-0.05, 0) is 76.2 Å². The van der Waals surface area contributed by atoms with Crippen LogP contribution in [0.5, 0.6) is 0 Å². The van der Waals surface area contributed by atoms with Crippen LogP contribution in [-0.2, 0) is 4.79 Å². The van der Waals surface area contributed by atoms with E-state index in [0.29, 0.717) is 0 Å². The second-order valence-corrected chi connectivity index (χ2v) is 10.4. The van der Waals surface area contributed by atoms with Gasteiger partial charge in [-0.3, -0.25) is 4.79 Å². The van der Waals surface area contributed by atoms with Crippen LogP contribution in [0.3, 0.4) is 0 Å². The average molecular weight is 407 g/mol. The largest absolute Gasteiger partial charge is 0.355 e. The second kappa shape index (κ2) is 6.53. The summed E-state index contributed by atoms with van der Waals surface area (Å²) in [4.78, 5) is 24.0. The Morgan fingerprint density at radius 3 is 2.23 bits per heavy atom. The third-order valence-corrected chi connectivity index (χ3v) is 7.87. The number of aryl methyl sites for hydroxylation is 2. The lowest BCUT2D eigenvalue weighted by atomic mass is 9.53. The molecular formula is C23H30N6O. The Kier molecular flexibility index (Phi) is 3.99. The molecule has 4 saturated carbocycles. The summed E-state index contributed by atoms with van der Waals surface area (Å²) in [5, 5.41) is 8.05. The van der Waals surface area contributed by atoms with Crippen molar-refractivity contribution in [1.29, 1.82) is 0 Å². The number of carbonyl (C=O) groups excluding carboxylic acids is 1. The number of hydrogen-bond donors (Lipinski definition) is 1. The maximum atomic E-state index is 13.0. The van der Waals surface area contributed by atoms with E-state index in [9.17, 15) is 4.79 Å². The molecule has 1 amide bonds. The van der Waals surface area contributed by atoms with Crippen LogP contribution in [0.1, 0.15) is 49.9 Å². The fraction of sp³-hybridized carbons (Fsp3) is 0.652. The Bertz CT molecular complexity index is 956. The molecular weight excluding hydrogens is 376 g/mol. The zero-order valence-electron chi connectivity index (χ0n) is 17.8. The topological polar surface area (TPSA) is 75.9 Å². The smallest absolute Gasteiger partial charge is 0.227 e. The summed E-state index contributed by atoms with van der Waals surface area (Å²) >= 11 is 0. The van der Waals surface area contributed by atoms with Crippen LogP contribution in [-0.4, -0.2) is 44.3 Å². The maximum Gasteiger partial charge on any atom is 0.227 e. The lowest BCUT2D eigenvalue weighted by Gasteiger charge is -2.57. The molecule has 4 aliphatic carbocycles. The molecule has 5 aliphatic rings. The van der Waals surface area contributed by atoms with E-state index < -0.39 is 0 Å². The van der Waals surface area contributed by atoms with E-state index in [4.69, 9.17) is 0 Å². The van der Waals surface area contributed by atoms with Gasteiger partial charge in [-0.25, -0.2) is 14.6 Å². The predicted octanol–water partition coefficient (Wildman–Crippen LogP) is 2.80. The third-order valence-electron chi connectivity index (χ3n) is 7.87. The number of nitrogens with one attached hydrogen (secondary N) is 1. The quantitative estimate of drug-likeness (QED) is 0.845. The molecule has 1 saturated heterocycles. The molecule has 2 aromatic heterocycles. The van der Waals surface area contributed by atoms with Crippen molar-refractivity contribution in [2.45, 2.75) is 57.9 Å². The second-order valence-electron chi connectivity index (χ2n) is 10.4. The first-order valence-electron chi connectivity index (χ1n) is 11.4. The van der Waals surface area contributed by atoms with Crippen molar-refractivity contribution in [3.63, 3.8) is 0 Å². The van der Waals surface area contributed by atoms with E-state index >= 15 is 0 Å². The van der Waals surface area contributed by atoms with E-state index in [2.05, 4.69) is 25.3 Å². The number of rotatable bonds is 4. The molecule has 3 heterocycles. The first kappa shape index (κ1) is 18.3. The van der Waals surface area contributed by atoms with E-state index in [-0.39, 0.29) is 17.4 Å². The highest BCUT2D eigenvalue weighted by Gasteiger charge is 2.52. The summed E-state index contributed by atoms with van der Waals surface area (Å²) in [5.41, 5.74) is 2.12. The van der Waals surface area contributed by atoms with Crippen molar-refractivity contribution in [3.05, 3.63) is 29.8 Å². The van der Waals surface area contributed by atoms with E-state index in [1.807, 2.05) is 30.7 Å². The van der Waals surface area contributed by atoms with Gasteiger partial charge in [0.25, 0.3) is 0 Å². The maximum absolute atomic E-state index is 13.0. The van der Waals surface area contributed by atoms with Crippen LogP contribution >= 0.6 is 0 Å². The highest BCUT2D eigenvalue weighted by Crippen LogP contribution is 2.55. The lowest BCUT2D eigenvalue weighted by Crippen LogP contribution is -2.63. The van der Waals surface area contributed by atoms with Crippen LogP contribution in [0.4, 0.5) is 5.82 Å². The Morgan fingerprint density at radius 1 is 1.00 bits per heavy atom. The molecule has 0 spiro atoms. The first-order chi connectivity index (χ1) is 14.5. The zero-order chi connectivity index (χ0) is 20.5. The van der Waals surface area contributed by atoms with Crippen molar-refractivity contribution in [1.82, 2.24) is 25.1 Å². The molecule has 5 fully saturated rings. The molecule has 30 heavy (non-hydrogen) atoms. The van der Waals surface area contributed by atoms with Gasteiger partial charge in [-0.15, -0.1) is 0 Å². The van der Waals surface area contributed by atoms with Crippen molar-refractivity contribution in [3.8, 4) is 5.82 Å². The van der Waals surface area contributed by atoms with Crippen LogP contribution in [0.15, 0.2) is 18.5 Å². The molecule has 158 valence electrons. The first-order valence-corrected chi connectivity index (χ1v) is 11.4. The summed E-state index contributed by atoms with van der Waals surface area (Å²) in [6, 6.07) is 4.00. The van der Waals surface area contributed by atoms with E-state index in [0.717, 1.165) is 53.9 Å². The van der Waals surface area contributed by atoms with Gasteiger partial charge in [0.15, 0.2) is 5.82 Å². The van der Waals surface area contributed by atoms with Crippen LogP contribution in [0.2, 0.25) is 0 Å². The Labute approximate surface area is 177 Å². The summed E-state index contributed by atoms with van der Waals surface area (Å²) in [5.74, 6) is 4.50.